The van der Waals surface area contributed by atoms with E-state index in [0.29, 0.717) is 5.92 Å². The van der Waals surface area contributed by atoms with E-state index in [1.807, 2.05) is 11.7 Å². The molecule has 0 radical (unpaired) electrons. The Hall–Kier alpha value is -1.03. The van der Waals surface area contributed by atoms with Crippen molar-refractivity contribution in [3.05, 3.63) is 11.9 Å². The fourth-order valence-electron chi connectivity index (χ4n) is 2.07. The number of nitrogens with one attached hydrogen (secondary N) is 1. The van der Waals surface area contributed by atoms with Gasteiger partial charge in [0.25, 0.3) is 0 Å². The molecule has 1 heterocycles. The van der Waals surface area contributed by atoms with E-state index in [1.165, 1.54) is 18.5 Å². The summed E-state index contributed by atoms with van der Waals surface area (Å²) >= 11 is 0. The third-order valence-electron chi connectivity index (χ3n) is 3.22. The Labute approximate surface area is 97.0 Å². The zero-order valence-electron chi connectivity index (χ0n) is 10.4. The molecule has 0 aliphatic heterocycles. The maximum absolute atomic E-state index is 5.32. The summed E-state index contributed by atoms with van der Waals surface area (Å²) < 4.78 is 7.24. The van der Waals surface area contributed by atoms with Gasteiger partial charge in [0, 0.05) is 19.0 Å². The molecule has 2 rings (SSSR count). The van der Waals surface area contributed by atoms with Crippen molar-refractivity contribution in [3.8, 4) is 5.75 Å². The highest BCUT2D eigenvalue weighted by molar-refractivity contribution is 5.28. The second-order valence-corrected chi connectivity index (χ2v) is 4.64. The van der Waals surface area contributed by atoms with Crippen LogP contribution in [0.4, 0.5) is 0 Å². The molecular formula is C12H21N3O. The highest BCUT2D eigenvalue weighted by Crippen LogP contribution is 2.28. The molecule has 1 aromatic rings. The van der Waals surface area contributed by atoms with Crippen molar-refractivity contribution >= 4 is 0 Å². The molecule has 1 aliphatic carbocycles. The molecule has 0 saturated heterocycles. The van der Waals surface area contributed by atoms with E-state index in [9.17, 15) is 0 Å². The van der Waals surface area contributed by atoms with Crippen molar-refractivity contribution in [2.75, 3.05) is 13.7 Å². The molecule has 1 saturated carbocycles. The van der Waals surface area contributed by atoms with Gasteiger partial charge in [-0.05, 0) is 25.8 Å². The molecule has 90 valence electrons. The minimum absolute atomic E-state index is 0.480. The summed E-state index contributed by atoms with van der Waals surface area (Å²) in [5.74, 6) is 1.38. The van der Waals surface area contributed by atoms with Gasteiger partial charge in [-0.2, -0.15) is 5.10 Å². The second-order valence-electron chi connectivity index (χ2n) is 4.64. The van der Waals surface area contributed by atoms with Crippen LogP contribution in [0.3, 0.4) is 0 Å². The predicted octanol–water partition coefficient (Wildman–Crippen LogP) is 1.67. The lowest BCUT2D eigenvalue weighted by molar-refractivity contribution is 0.401. The Balaban J connectivity index is 1.90. The number of nitrogens with zero attached hydrogens (tertiary/aromatic N) is 2. The van der Waals surface area contributed by atoms with Gasteiger partial charge in [0.1, 0.15) is 0 Å². The van der Waals surface area contributed by atoms with Crippen molar-refractivity contribution in [1.29, 1.82) is 0 Å². The molecule has 1 atom stereocenters. The predicted molar refractivity (Wildman–Crippen MR) is 63.8 cm³/mol. The standard InChI is InChI=1S/C12H21N3O/c1-9(6-7-13-10-4-5-10)12-11(16-3)8-14-15(12)2/h8-10,13H,4-7H2,1-3H3. The maximum atomic E-state index is 5.32. The van der Waals surface area contributed by atoms with Gasteiger partial charge in [0.2, 0.25) is 0 Å². The van der Waals surface area contributed by atoms with Crippen LogP contribution in [0.25, 0.3) is 0 Å². The van der Waals surface area contributed by atoms with Crippen molar-refractivity contribution in [1.82, 2.24) is 15.1 Å². The molecular weight excluding hydrogens is 202 g/mol. The molecule has 0 bridgehead atoms. The largest absolute Gasteiger partial charge is 0.493 e. The first-order valence-corrected chi connectivity index (χ1v) is 6.01. The Morgan fingerprint density at radius 3 is 3.00 bits per heavy atom. The lowest BCUT2D eigenvalue weighted by Crippen LogP contribution is -2.19. The molecule has 4 nitrogen and oxygen atoms in total. The molecule has 1 aliphatic rings. The molecule has 4 heteroatoms. The first-order chi connectivity index (χ1) is 7.72. The zero-order chi connectivity index (χ0) is 11.5. The van der Waals surface area contributed by atoms with Crippen LogP contribution in [0.5, 0.6) is 5.75 Å². The van der Waals surface area contributed by atoms with Crippen molar-refractivity contribution < 1.29 is 4.74 Å². The first kappa shape index (κ1) is 11.5. The SMILES string of the molecule is COc1cnn(C)c1C(C)CCNC1CC1. The van der Waals surface area contributed by atoms with Gasteiger partial charge in [0.15, 0.2) is 5.75 Å². The summed E-state index contributed by atoms with van der Waals surface area (Å²) in [5, 5.41) is 7.77. The quantitative estimate of drug-likeness (QED) is 0.797. The van der Waals surface area contributed by atoms with Gasteiger partial charge in [0.05, 0.1) is 19.0 Å². The lowest BCUT2D eigenvalue weighted by atomic mass is 10.0. The van der Waals surface area contributed by atoms with E-state index in [4.69, 9.17) is 4.74 Å². The molecule has 1 unspecified atom stereocenters. The molecule has 0 aromatic carbocycles. The lowest BCUT2D eigenvalue weighted by Gasteiger charge is -2.14. The number of aryl methyl sites for hydroxylation is 1. The topological polar surface area (TPSA) is 39.1 Å². The number of aromatic nitrogens is 2. The number of rotatable bonds is 6. The van der Waals surface area contributed by atoms with E-state index >= 15 is 0 Å². The van der Waals surface area contributed by atoms with Gasteiger partial charge in [-0.15, -0.1) is 0 Å². The molecule has 1 N–H and O–H groups in total. The molecule has 0 amide bonds. The van der Waals surface area contributed by atoms with Crippen LogP contribution < -0.4 is 10.1 Å². The summed E-state index contributed by atoms with van der Waals surface area (Å²) in [6.07, 6.45) is 5.62. The number of hydrogen-bond donors (Lipinski definition) is 1. The smallest absolute Gasteiger partial charge is 0.160 e. The van der Waals surface area contributed by atoms with Crippen LogP contribution in [-0.4, -0.2) is 29.5 Å². The van der Waals surface area contributed by atoms with E-state index in [1.54, 1.807) is 13.3 Å². The highest BCUT2D eigenvalue weighted by Gasteiger charge is 2.21. The van der Waals surface area contributed by atoms with E-state index < -0.39 is 0 Å². The van der Waals surface area contributed by atoms with E-state index in [2.05, 4.69) is 17.3 Å². The first-order valence-electron chi connectivity index (χ1n) is 6.01. The van der Waals surface area contributed by atoms with Gasteiger partial charge in [-0.25, -0.2) is 0 Å². The summed E-state index contributed by atoms with van der Waals surface area (Å²) in [6.45, 7) is 3.31. The summed E-state index contributed by atoms with van der Waals surface area (Å²) in [6, 6.07) is 0.792. The summed E-state index contributed by atoms with van der Waals surface area (Å²) in [4.78, 5) is 0. The Kier molecular flexibility index (Phi) is 3.49. The number of ether oxygens (including phenoxy) is 1. The van der Waals surface area contributed by atoms with Crippen molar-refractivity contribution in [2.24, 2.45) is 7.05 Å². The van der Waals surface area contributed by atoms with Crippen LogP contribution >= 0.6 is 0 Å². The van der Waals surface area contributed by atoms with Crippen molar-refractivity contribution in [2.45, 2.75) is 38.1 Å². The molecule has 0 spiro atoms. The minimum atomic E-state index is 0.480. The van der Waals surface area contributed by atoms with E-state index in [0.717, 1.165) is 24.8 Å². The fourth-order valence-corrected chi connectivity index (χ4v) is 2.07. The van der Waals surface area contributed by atoms with Crippen LogP contribution in [-0.2, 0) is 7.05 Å². The minimum Gasteiger partial charge on any atom is -0.493 e. The second kappa shape index (κ2) is 4.87. The monoisotopic (exact) mass is 223 g/mol. The molecule has 1 fully saturated rings. The van der Waals surface area contributed by atoms with Gasteiger partial charge >= 0.3 is 0 Å². The van der Waals surface area contributed by atoms with Crippen LogP contribution in [0.2, 0.25) is 0 Å². The summed E-state index contributed by atoms with van der Waals surface area (Å²) in [7, 11) is 3.68. The average molecular weight is 223 g/mol. The van der Waals surface area contributed by atoms with Gasteiger partial charge in [-0.1, -0.05) is 6.92 Å². The highest BCUT2D eigenvalue weighted by atomic mass is 16.5. The maximum Gasteiger partial charge on any atom is 0.160 e. The van der Waals surface area contributed by atoms with Crippen molar-refractivity contribution in [3.63, 3.8) is 0 Å². The third-order valence-corrected chi connectivity index (χ3v) is 3.22. The molecule has 1 aromatic heterocycles. The van der Waals surface area contributed by atoms with Gasteiger partial charge in [-0.3, -0.25) is 4.68 Å². The van der Waals surface area contributed by atoms with Gasteiger partial charge < -0.3 is 10.1 Å². The Bertz CT molecular complexity index is 344. The van der Waals surface area contributed by atoms with Crippen LogP contribution in [0.1, 0.15) is 37.8 Å². The Morgan fingerprint density at radius 1 is 1.62 bits per heavy atom. The van der Waals surface area contributed by atoms with Crippen LogP contribution in [0.15, 0.2) is 6.20 Å². The number of hydrogen-bond acceptors (Lipinski definition) is 3. The fraction of sp³-hybridized carbons (Fsp3) is 0.750. The van der Waals surface area contributed by atoms with Crippen LogP contribution in [0, 0.1) is 0 Å². The Morgan fingerprint density at radius 2 is 2.38 bits per heavy atom. The number of methoxy groups -OCH3 is 1. The zero-order valence-corrected chi connectivity index (χ0v) is 10.4. The average Bonchev–Trinajstić information content (AvgIpc) is 3.00. The van der Waals surface area contributed by atoms with E-state index in [-0.39, 0.29) is 0 Å². The molecule has 16 heavy (non-hydrogen) atoms. The third kappa shape index (κ3) is 2.55. The normalized spacial score (nSPS) is 17.4. The summed E-state index contributed by atoms with van der Waals surface area (Å²) in [5.41, 5.74) is 1.19.